The van der Waals surface area contributed by atoms with Gasteiger partial charge in [-0.25, -0.2) is 0 Å². The van der Waals surface area contributed by atoms with Gasteiger partial charge in [0.1, 0.15) is 0 Å². The van der Waals surface area contributed by atoms with E-state index in [9.17, 15) is 0 Å². The van der Waals surface area contributed by atoms with Crippen molar-refractivity contribution in [1.82, 2.24) is 0 Å². The van der Waals surface area contributed by atoms with Crippen molar-refractivity contribution < 1.29 is 12.4 Å². The number of benzene rings is 2. The van der Waals surface area contributed by atoms with Crippen LogP contribution in [-0.4, -0.2) is 23.1 Å². The molecule has 0 aliphatic heterocycles. The van der Waals surface area contributed by atoms with Crippen LogP contribution in [0.1, 0.15) is 5.56 Å². The van der Waals surface area contributed by atoms with E-state index in [1.165, 1.54) is 16.7 Å². The van der Waals surface area contributed by atoms with Crippen molar-refractivity contribution in [2.24, 2.45) is 0 Å². The van der Waals surface area contributed by atoms with E-state index in [0.717, 1.165) is 0 Å². The van der Waals surface area contributed by atoms with Crippen LogP contribution in [0.25, 0.3) is 11.1 Å². The van der Waals surface area contributed by atoms with Crippen molar-refractivity contribution in [3.8, 4) is 11.1 Å². The van der Waals surface area contributed by atoms with Crippen LogP contribution in [-0.2, 0) is 0 Å². The van der Waals surface area contributed by atoms with E-state index in [2.05, 4.69) is 43.3 Å². The molecule has 2 heteroatoms. The van der Waals surface area contributed by atoms with Crippen LogP contribution in [0.3, 0.4) is 0 Å². The predicted octanol–water partition coefficient (Wildman–Crippen LogP) is 0.0854. The molecule has 0 aliphatic rings. The first kappa shape index (κ1) is 14.5. The molecule has 0 spiro atoms. The van der Waals surface area contributed by atoms with E-state index in [1.807, 2.05) is 18.2 Å². The average Bonchev–Trinajstić information content (AvgIpc) is 2.20. The van der Waals surface area contributed by atoms with Gasteiger partial charge >= 0.3 is 23.1 Å². The summed E-state index contributed by atoms with van der Waals surface area (Å²) in [7, 11) is 0. The Bertz CT molecular complexity index is 398. The monoisotopic (exact) mass is 226 g/mol. The molecule has 0 radical (unpaired) electrons. The molecule has 15 heavy (non-hydrogen) atoms. The van der Waals surface area contributed by atoms with Gasteiger partial charge in [0.2, 0.25) is 0 Å². The largest absolute Gasteiger partial charge is 2.00 e. The summed E-state index contributed by atoms with van der Waals surface area (Å²) in [5, 5.41) is 0. The molecular weight excluding hydrogens is 216 g/mol. The van der Waals surface area contributed by atoms with Crippen molar-refractivity contribution in [3.63, 3.8) is 0 Å². The van der Waals surface area contributed by atoms with Crippen molar-refractivity contribution in [1.29, 1.82) is 0 Å². The second-order valence-corrected chi connectivity index (χ2v) is 3.07. The minimum atomic E-state index is 0. The van der Waals surface area contributed by atoms with Crippen LogP contribution in [0.4, 0.5) is 0 Å². The second kappa shape index (κ2) is 6.88. The summed E-state index contributed by atoms with van der Waals surface area (Å²) in [6, 6.07) is 19.7. The molecule has 0 aliphatic carbocycles. The van der Waals surface area contributed by atoms with Crippen LogP contribution >= 0.6 is 0 Å². The number of aryl methyl sites for hydroxylation is 1. The summed E-state index contributed by atoms with van der Waals surface area (Å²) in [5.41, 5.74) is 3.73. The van der Waals surface area contributed by atoms with Gasteiger partial charge < -0.3 is 12.4 Å². The fourth-order valence-electron chi connectivity index (χ4n) is 1.45. The molecule has 0 fully saturated rings. The quantitative estimate of drug-likeness (QED) is 0.478. The van der Waals surface area contributed by atoms with E-state index in [0.29, 0.717) is 0 Å². The van der Waals surface area contributed by atoms with E-state index in [4.69, 9.17) is 0 Å². The molecule has 72 valence electrons. The zero-order valence-corrected chi connectivity index (χ0v) is 10.9. The molecule has 0 saturated carbocycles. The molecular formula is C13H11ClMg. The number of halogens is 1. The van der Waals surface area contributed by atoms with E-state index >= 15 is 0 Å². The molecule has 0 amide bonds. The molecule has 0 atom stereocenters. The van der Waals surface area contributed by atoms with Gasteiger partial charge in [-0.1, -0.05) is 42.8 Å². The van der Waals surface area contributed by atoms with Crippen LogP contribution in [0.5, 0.6) is 0 Å². The van der Waals surface area contributed by atoms with Gasteiger partial charge in [-0.15, -0.1) is 5.56 Å². The van der Waals surface area contributed by atoms with Gasteiger partial charge in [0.05, 0.1) is 0 Å². The van der Waals surface area contributed by atoms with Gasteiger partial charge in [-0.2, -0.15) is 29.8 Å². The summed E-state index contributed by atoms with van der Waals surface area (Å²) >= 11 is 0. The number of rotatable bonds is 1. The molecule has 0 aromatic heterocycles. The Balaban J connectivity index is 0.000000980. The summed E-state index contributed by atoms with van der Waals surface area (Å²) in [6.07, 6.45) is 0. The molecule has 2 rings (SSSR count). The zero-order chi connectivity index (χ0) is 9.10. The minimum Gasteiger partial charge on any atom is -1.00 e. The Morgan fingerprint density at radius 2 is 1.60 bits per heavy atom. The van der Waals surface area contributed by atoms with Crippen molar-refractivity contribution >= 4 is 23.1 Å². The Kier molecular flexibility index (Phi) is 6.65. The molecule has 0 saturated heterocycles. The molecule has 0 unspecified atom stereocenters. The Hall–Kier alpha value is -0.504. The predicted molar refractivity (Wildman–Crippen MR) is 61.2 cm³/mol. The maximum Gasteiger partial charge on any atom is 2.00 e. The van der Waals surface area contributed by atoms with Crippen LogP contribution in [0, 0.1) is 13.0 Å². The van der Waals surface area contributed by atoms with Gasteiger partial charge in [0.25, 0.3) is 0 Å². The first-order valence-corrected chi connectivity index (χ1v) is 4.40. The van der Waals surface area contributed by atoms with Gasteiger partial charge in [-0.05, 0) is 0 Å². The van der Waals surface area contributed by atoms with Gasteiger partial charge in [0, 0.05) is 0 Å². The SMILES string of the molecule is Cc1[c-]cccc1-c1ccccc1.[Cl-].[Mg+2]. The van der Waals surface area contributed by atoms with Crippen LogP contribution in [0.15, 0.2) is 48.5 Å². The summed E-state index contributed by atoms with van der Waals surface area (Å²) in [4.78, 5) is 0. The fourth-order valence-corrected chi connectivity index (χ4v) is 1.45. The van der Waals surface area contributed by atoms with Crippen LogP contribution in [0.2, 0.25) is 0 Å². The summed E-state index contributed by atoms with van der Waals surface area (Å²) in [6.45, 7) is 2.09. The maximum atomic E-state index is 3.20. The summed E-state index contributed by atoms with van der Waals surface area (Å²) < 4.78 is 0. The van der Waals surface area contributed by atoms with Crippen molar-refractivity contribution in [2.45, 2.75) is 6.92 Å². The first-order valence-electron chi connectivity index (χ1n) is 4.40. The number of hydrogen-bond acceptors (Lipinski definition) is 0. The minimum absolute atomic E-state index is 0. The second-order valence-electron chi connectivity index (χ2n) is 3.07. The Morgan fingerprint density at radius 3 is 2.20 bits per heavy atom. The molecule has 0 heterocycles. The molecule has 0 N–H and O–H groups in total. The van der Waals surface area contributed by atoms with E-state index in [-0.39, 0.29) is 35.5 Å². The molecule has 2 aromatic carbocycles. The Labute approximate surface area is 113 Å². The third-order valence-electron chi connectivity index (χ3n) is 2.15. The Morgan fingerprint density at radius 1 is 0.933 bits per heavy atom. The van der Waals surface area contributed by atoms with E-state index in [1.54, 1.807) is 0 Å². The van der Waals surface area contributed by atoms with Crippen molar-refractivity contribution in [3.05, 3.63) is 60.2 Å². The normalized spacial score (nSPS) is 8.60. The van der Waals surface area contributed by atoms with Crippen molar-refractivity contribution in [2.75, 3.05) is 0 Å². The van der Waals surface area contributed by atoms with E-state index < -0.39 is 0 Å². The molecule has 0 bridgehead atoms. The maximum absolute atomic E-state index is 3.20. The fraction of sp³-hybridized carbons (Fsp3) is 0.0769. The number of hydrogen-bond donors (Lipinski definition) is 0. The molecule has 0 nitrogen and oxygen atoms in total. The topological polar surface area (TPSA) is 0 Å². The van der Waals surface area contributed by atoms with Crippen LogP contribution < -0.4 is 12.4 Å². The standard InChI is InChI=1S/C13H11.ClH.Mg/c1-11-7-5-6-10-13(11)12-8-3-2-4-9-12;;/h2-6,8-10H,1H3;1H;/q-1;;+2/p-1. The third-order valence-corrected chi connectivity index (χ3v) is 2.15. The first-order chi connectivity index (χ1) is 6.38. The van der Waals surface area contributed by atoms with Gasteiger partial charge in [-0.3, -0.25) is 0 Å². The third kappa shape index (κ3) is 3.52. The smallest absolute Gasteiger partial charge is 1.00 e. The zero-order valence-electron chi connectivity index (χ0n) is 8.70. The molecule has 2 aromatic rings. The average molecular weight is 227 g/mol. The summed E-state index contributed by atoms with van der Waals surface area (Å²) in [5.74, 6) is 0. The van der Waals surface area contributed by atoms with Gasteiger partial charge in [0.15, 0.2) is 0 Å².